The summed E-state index contributed by atoms with van der Waals surface area (Å²) < 4.78 is -4.13. The Hall–Kier alpha value is -0.1000. The molecule has 0 aromatic heterocycles. The molecule has 0 aliphatic rings. The van der Waals surface area contributed by atoms with Crippen molar-refractivity contribution in [2.75, 3.05) is 10.6 Å². The minimum absolute atomic E-state index is 0.369. The van der Waals surface area contributed by atoms with Gasteiger partial charge in [0.05, 0.1) is 0 Å². The quantitative estimate of drug-likeness (QED) is 0.729. The largest absolute Gasteiger partial charge is 0.322 e. The van der Waals surface area contributed by atoms with Gasteiger partial charge in [0.1, 0.15) is 0 Å². The summed E-state index contributed by atoms with van der Waals surface area (Å²) >= 11 is 32.4. The Morgan fingerprint density at radius 2 is 0.950 bits per heavy atom. The first-order valence-corrected chi connectivity index (χ1v) is 7.13. The lowest BCUT2D eigenvalue weighted by atomic mass is 10.2. The number of halogens is 6. The molecule has 1 aromatic rings. The molecular weight excluding hydrogens is 393 g/mol. The average molecular weight is 399 g/mol. The number of hydrogen-bond acceptors (Lipinski definition) is 2. The van der Waals surface area contributed by atoms with E-state index in [0.717, 1.165) is 0 Å². The Bertz CT molecular complexity index is 459. The second-order valence-corrected chi connectivity index (χ2v) is 8.04. The summed E-state index contributed by atoms with van der Waals surface area (Å²) in [6.45, 7) is 0. The molecule has 0 radical (unpaired) electrons. The van der Waals surface area contributed by atoms with Crippen LogP contribution in [0.2, 0.25) is 0 Å². The van der Waals surface area contributed by atoms with E-state index >= 15 is 0 Å². The summed E-state index contributed by atoms with van der Waals surface area (Å²) in [5.74, 6) is -1.61. The van der Waals surface area contributed by atoms with Gasteiger partial charge in [-0.2, -0.15) is 0 Å². The first-order chi connectivity index (χ1) is 9.00. The van der Waals surface area contributed by atoms with Gasteiger partial charge in [-0.3, -0.25) is 9.59 Å². The average Bonchev–Trinajstić information content (AvgIpc) is 2.29. The molecule has 0 aliphatic heterocycles. The van der Waals surface area contributed by atoms with E-state index in [0.29, 0.717) is 11.4 Å². The molecule has 2 N–H and O–H groups in total. The van der Waals surface area contributed by atoms with Crippen LogP contribution in [-0.2, 0) is 9.59 Å². The van der Waals surface area contributed by atoms with Crippen LogP contribution in [0.1, 0.15) is 0 Å². The van der Waals surface area contributed by atoms with E-state index in [1.54, 1.807) is 0 Å². The molecular formula is C10H6Cl6N2O2. The Morgan fingerprint density at radius 1 is 0.700 bits per heavy atom. The monoisotopic (exact) mass is 396 g/mol. The second-order valence-electron chi connectivity index (χ2n) is 3.48. The van der Waals surface area contributed by atoms with Crippen LogP contribution in [-0.4, -0.2) is 19.4 Å². The number of rotatable bonds is 2. The van der Waals surface area contributed by atoms with Gasteiger partial charge in [0.2, 0.25) is 0 Å². The number of nitrogens with one attached hydrogen (secondary N) is 2. The fourth-order valence-electron chi connectivity index (χ4n) is 1.04. The predicted octanol–water partition coefficient (Wildman–Crippen LogP) is 4.30. The van der Waals surface area contributed by atoms with Gasteiger partial charge in [-0.25, -0.2) is 0 Å². The maximum atomic E-state index is 11.4. The molecule has 110 valence electrons. The fourth-order valence-corrected chi connectivity index (χ4v) is 1.32. The molecule has 20 heavy (non-hydrogen) atoms. The van der Waals surface area contributed by atoms with Crippen molar-refractivity contribution in [3.8, 4) is 0 Å². The van der Waals surface area contributed by atoms with Gasteiger partial charge in [-0.1, -0.05) is 69.6 Å². The zero-order valence-corrected chi connectivity index (χ0v) is 13.9. The van der Waals surface area contributed by atoms with E-state index in [9.17, 15) is 9.59 Å². The normalized spacial score (nSPS) is 11.9. The SMILES string of the molecule is O=C(Nc1ccc(NC(=O)C(Cl)(Cl)Cl)cc1)C(Cl)(Cl)Cl. The lowest BCUT2D eigenvalue weighted by molar-refractivity contribution is -0.116. The maximum absolute atomic E-state index is 11.4. The molecule has 10 heteroatoms. The highest BCUT2D eigenvalue weighted by atomic mass is 35.6. The third kappa shape index (κ3) is 5.72. The van der Waals surface area contributed by atoms with Crippen LogP contribution in [0, 0.1) is 0 Å². The van der Waals surface area contributed by atoms with E-state index in [1.165, 1.54) is 24.3 Å². The molecule has 0 heterocycles. The third-order valence-corrected chi connectivity index (χ3v) is 2.95. The molecule has 0 unspecified atom stereocenters. The zero-order chi connectivity index (χ0) is 15.6. The molecule has 0 bridgehead atoms. The Labute approximate surface area is 144 Å². The van der Waals surface area contributed by atoms with Crippen molar-refractivity contribution in [3.63, 3.8) is 0 Å². The van der Waals surface area contributed by atoms with E-state index < -0.39 is 19.4 Å². The Kier molecular flexibility index (Phi) is 6.08. The summed E-state index contributed by atoms with van der Waals surface area (Å²) in [5.41, 5.74) is 0.737. The molecule has 0 saturated carbocycles. The van der Waals surface area contributed by atoms with Crippen LogP contribution in [0.4, 0.5) is 11.4 Å². The number of anilines is 2. The molecule has 0 aliphatic carbocycles. The molecule has 1 rings (SSSR count). The first kappa shape index (κ1) is 18.0. The van der Waals surface area contributed by atoms with Crippen molar-refractivity contribution in [1.29, 1.82) is 0 Å². The van der Waals surface area contributed by atoms with Crippen LogP contribution >= 0.6 is 69.6 Å². The van der Waals surface area contributed by atoms with Crippen LogP contribution in [0.25, 0.3) is 0 Å². The maximum Gasteiger partial charge on any atom is 0.276 e. The van der Waals surface area contributed by atoms with Crippen LogP contribution in [0.5, 0.6) is 0 Å². The van der Waals surface area contributed by atoms with Crippen molar-refractivity contribution < 1.29 is 9.59 Å². The van der Waals surface area contributed by atoms with Gasteiger partial charge in [0.15, 0.2) is 0 Å². The minimum atomic E-state index is -2.07. The summed E-state index contributed by atoms with van der Waals surface area (Å²) in [6, 6.07) is 5.90. The van der Waals surface area contributed by atoms with E-state index in [-0.39, 0.29) is 0 Å². The zero-order valence-electron chi connectivity index (χ0n) is 9.39. The Balaban J connectivity index is 2.71. The summed E-state index contributed by atoms with van der Waals surface area (Å²) in [5, 5.41) is 4.73. The number of carbonyl (C=O) groups is 2. The fraction of sp³-hybridized carbons (Fsp3) is 0.200. The van der Waals surface area contributed by atoms with Crippen LogP contribution in [0.15, 0.2) is 24.3 Å². The molecule has 0 saturated heterocycles. The summed E-state index contributed by atoms with van der Waals surface area (Å²) in [7, 11) is 0. The van der Waals surface area contributed by atoms with Gasteiger partial charge < -0.3 is 10.6 Å². The second kappa shape index (κ2) is 6.77. The number of benzene rings is 1. The minimum Gasteiger partial charge on any atom is -0.322 e. The highest BCUT2D eigenvalue weighted by molar-refractivity contribution is 6.77. The van der Waals surface area contributed by atoms with Gasteiger partial charge in [-0.15, -0.1) is 0 Å². The summed E-state index contributed by atoms with van der Waals surface area (Å²) in [4.78, 5) is 22.8. The third-order valence-electron chi connectivity index (χ3n) is 1.92. The molecule has 0 fully saturated rings. The van der Waals surface area contributed by atoms with Gasteiger partial charge in [-0.05, 0) is 24.3 Å². The van der Waals surface area contributed by atoms with E-state index in [1.807, 2.05) is 0 Å². The molecule has 0 atom stereocenters. The molecule has 2 amide bonds. The van der Waals surface area contributed by atoms with Crippen LogP contribution in [0.3, 0.4) is 0 Å². The van der Waals surface area contributed by atoms with Crippen molar-refractivity contribution >= 4 is 92.8 Å². The smallest absolute Gasteiger partial charge is 0.276 e. The number of carbonyl (C=O) groups excluding carboxylic acids is 2. The number of amides is 2. The number of alkyl halides is 6. The predicted molar refractivity (Wildman–Crippen MR) is 84.3 cm³/mol. The summed E-state index contributed by atoms with van der Waals surface area (Å²) in [6.07, 6.45) is 0. The topological polar surface area (TPSA) is 58.2 Å². The standard InChI is InChI=1S/C10H6Cl6N2O2/c11-9(12,13)7(19)17-5-1-2-6(4-3-5)18-8(20)10(14,15)16/h1-4H,(H,17,19)(H,18,20). The van der Waals surface area contributed by atoms with Crippen molar-refractivity contribution in [1.82, 2.24) is 0 Å². The highest BCUT2D eigenvalue weighted by Gasteiger charge is 2.31. The lowest BCUT2D eigenvalue weighted by Crippen LogP contribution is -2.27. The van der Waals surface area contributed by atoms with E-state index in [4.69, 9.17) is 69.6 Å². The van der Waals surface area contributed by atoms with Crippen molar-refractivity contribution in [2.45, 2.75) is 7.59 Å². The number of hydrogen-bond donors (Lipinski definition) is 2. The Morgan fingerprint density at radius 3 is 1.15 bits per heavy atom. The van der Waals surface area contributed by atoms with Crippen molar-refractivity contribution in [3.05, 3.63) is 24.3 Å². The van der Waals surface area contributed by atoms with Gasteiger partial charge in [0, 0.05) is 11.4 Å². The van der Waals surface area contributed by atoms with Gasteiger partial charge in [0.25, 0.3) is 19.4 Å². The molecule has 4 nitrogen and oxygen atoms in total. The van der Waals surface area contributed by atoms with Gasteiger partial charge >= 0.3 is 0 Å². The molecule has 1 aromatic carbocycles. The highest BCUT2D eigenvalue weighted by Crippen LogP contribution is 2.29. The molecule has 0 spiro atoms. The van der Waals surface area contributed by atoms with E-state index in [2.05, 4.69) is 10.6 Å². The van der Waals surface area contributed by atoms with Crippen molar-refractivity contribution in [2.24, 2.45) is 0 Å². The lowest BCUT2D eigenvalue weighted by Gasteiger charge is -2.13. The van der Waals surface area contributed by atoms with Crippen LogP contribution < -0.4 is 10.6 Å². The first-order valence-electron chi connectivity index (χ1n) is 4.86.